The van der Waals surface area contributed by atoms with E-state index in [0.29, 0.717) is 17.1 Å². The molecule has 0 radical (unpaired) electrons. The second-order valence-electron chi connectivity index (χ2n) is 7.97. The minimum absolute atomic E-state index is 0.00433. The highest BCUT2D eigenvalue weighted by Crippen LogP contribution is 2.43. The van der Waals surface area contributed by atoms with Crippen LogP contribution in [0.25, 0.3) is 0 Å². The number of carbonyl (C=O) groups excluding carboxylic acids is 1. The summed E-state index contributed by atoms with van der Waals surface area (Å²) in [4.78, 5) is 14.7. The number of halogens is 1. The lowest BCUT2D eigenvalue weighted by Crippen LogP contribution is -2.63. The SMILES string of the molecule is CC1CC2CC(C1)N2C(=O)Nc1ccc(Cl)c([C@@H]2CCC[C@@H]2C#N)c1. The summed E-state index contributed by atoms with van der Waals surface area (Å²) in [5.41, 5.74) is 1.78. The van der Waals surface area contributed by atoms with Crippen LogP contribution in [-0.4, -0.2) is 23.0 Å². The van der Waals surface area contributed by atoms with Crippen molar-refractivity contribution < 1.29 is 4.79 Å². The lowest BCUT2D eigenvalue weighted by Gasteiger charge is -2.54. The van der Waals surface area contributed by atoms with Gasteiger partial charge in [0.25, 0.3) is 0 Å². The molecule has 2 bridgehead atoms. The zero-order chi connectivity index (χ0) is 17.6. The molecule has 2 amide bonds. The summed E-state index contributed by atoms with van der Waals surface area (Å²) in [6.07, 6.45) is 6.36. The monoisotopic (exact) mass is 357 g/mol. The molecule has 4 fully saturated rings. The van der Waals surface area contributed by atoms with Gasteiger partial charge in [0.15, 0.2) is 0 Å². The Morgan fingerprint density at radius 3 is 2.76 bits per heavy atom. The summed E-state index contributed by atoms with van der Waals surface area (Å²) < 4.78 is 0. The second-order valence-corrected chi connectivity index (χ2v) is 8.37. The highest BCUT2D eigenvalue weighted by atomic mass is 35.5. The fourth-order valence-corrected chi connectivity index (χ4v) is 5.32. The van der Waals surface area contributed by atoms with Crippen molar-refractivity contribution in [2.75, 3.05) is 5.32 Å². The van der Waals surface area contributed by atoms with E-state index in [1.165, 1.54) is 0 Å². The first-order valence-electron chi connectivity index (χ1n) is 9.35. The molecule has 2 aliphatic heterocycles. The smallest absolute Gasteiger partial charge is 0.318 e. The number of hydrogen-bond acceptors (Lipinski definition) is 2. The first kappa shape index (κ1) is 16.7. The molecule has 2 heterocycles. The molecule has 5 heteroatoms. The Hall–Kier alpha value is -1.73. The third kappa shape index (κ3) is 3.00. The second kappa shape index (κ2) is 6.53. The molecule has 1 N–H and O–H groups in total. The molecule has 2 saturated heterocycles. The van der Waals surface area contributed by atoms with Crippen LogP contribution in [0.15, 0.2) is 18.2 Å². The highest BCUT2D eigenvalue weighted by Gasteiger charge is 2.46. The first-order valence-corrected chi connectivity index (χ1v) is 9.73. The van der Waals surface area contributed by atoms with E-state index in [2.05, 4.69) is 18.3 Å². The van der Waals surface area contributed by atoms with E-state index >= 15 is 0 Å². The van der Waals surface area contributed by atoms with Gasteiger partial charge in [-0.1, -0.05) is 24.9 Å². The van der Waals surface area contributed by atoms with Crippen molar-refractivity contribution in [3.63, 3.8) is 0 Å². The first-order chi connectivity index (χ1) is 12.1. The maximum Gasteiger partial charge on any atom is 0.322 e. The van der Waals surface area contributed by atoms with Crippen molar-refractivity contribution in [1.82, 2.24) is 4.90 Å². The van der Waals surface area contributed by atoms with E-state index in [1.54, 1.807) is 0 Å². The predicted molar refractivity (Wildman–Crippen MR) is 98.6 cm³/mol. The third-order valence-electron chi connectivity index (χ3n) is 6.24. The van der Waals surface area contributed by atoms with E-state index in [0.717, 1.165) is 55.7 Å². The van der Waals surface area contributed by atoms with Gasteiger partial charge in [-0.15, -0.1) is 0 Å². The predicted octanol–water partition coefficient (Wildman–Crippen LogP) is 5.15. The van der Waals surface area contributed by atoms with Gasteiger partial charge >= 0.3 is 6.03 Å². The number of amides is 2. The van der Waals surface area contributed by atoms with Crippen LogP contribution in [0.3, 0.4) is 0 Å². The Balaban J connectivity index is 1.49. The average molecular weight is 358 g/mol. The largest absolute Gasteiger partial charge is 0.322 e. The van der Waals surface area contributed by atoms with Gasteiger partial charge in [0.05, 0.1) is 12.0 Å². The van der Waals surface area contributed by atoms with Crippen LogP contribution in [0, 0.1) is 23.2 Å². The van der Waals surface area contributed by atoms with Crippen LogP contribution < -0.4 is 5.32 Å². The van der Waals surface area contributed by atoms with E-state index < -0.39 is 0 Å². The number of carbonyl (C=O) groups is 1. The molecule has 2 aliphatic carbocycles. The number of nitrogens with zero attached hydrogens (tertiary/aromatic N) is 2. The van der Waals surface area contributed by atoms with E-state index in [1.807, 2.05) is 23.1 Å². The number of fused-ring (bicyclic) bond motifs is 2. The number of benzene rings is 1. The van der Waals surface area contributed by atoms with Gasteiger partial charge in [-0.05, 0) is 61.8 Å². The van der Waals surface area contributed by atoms with Crippen LogP contribution in [0.5, 0.6) is 0 Å². The Kier molecular flexibility index (Phi) is 4.37. The zero-order valence-corrected chi connectivity index (χ0v) is 15.3. The summed E-state index contributed by atoms with van der Waals surface area (Å²) in [6.45, 7) is 2.27. The van der Waals surface area contributed by atoms with Crippen molar-refractivity contribution in [2.45, 2.75) is 63.5 Å². The summed E-state index contributed by atoms with van der Waals surface area (Å²) in [5.74, 6) is 0.929. The quantitative estimate of drug-likeness (QED) is 0.795. The molecule has 4 nitrogen and oxygen atoms in total. The maximum atomic E-state index is 12.7. The van der Waals surface area contributed by atoms with Crippen LogP contribution >= 0.6 is 11.6 Å². The van der Waals surface area contributed by atoms with Crippen LogP contribution in [0.4, 0.5) is 10.5 Å². The number of piperidine rings is 1. The number of hydrogen-bond donors (Lipinski definition) is 1. The minimum Gasteiger partial charge on any atom is -0.318 e. The fourth-order valence-electron chi connectivity index (χ4n) is 5.06. The number of nitriles is 1. The highest BCUT2D eigenvalue weighted by molar-refractivity contribution is 6.31. The molecule has 0 aromatic heterocycles. The Morgan fingerprint density at radius 2 is 2.04 bits per heavy atom. The summed E-state index contributed by atoms with van der Waals surface area (Å²) in [6, 6.07) is 8.90. The van der Waals surface area contributed by atoms with Crippen LogP contribution in [0.1, 0.15) is 56.9 Å². The number of rotatable bonds is 2. The van der Waals surface area contributed by atoms with Crippen LogP contribution in [0.2, 0.25) is 5.02 Å². The minimum atomic E-state index is 0.00433. The van der Waals surface area contributed by atoms with Gasteiger partial charge in [-0.2, -0.15) is 5.26 Å². The van der Waals surface area contributed by atoms with Crippen molar-refractivity contribution >= 4 is 23.3 Å². The maximum absolute atomic E-state index is 12.7. The van der Waals surface area contributed by atoms with Gasteiger partial charge in [0.1, 0.15) is 0 Å². The normalized spacial score (nSPS) is 33.5. The number of nitrogens with one attached hydrogen (secondary N) is 1. The van der Waals surface area contributed by atoms with E-state index in [9.17, 15) is 10.1 Å². The van der Waals surface area contributed by atoms with Gasteiger partial charge in [0, 0.05) is 28.7 Å². The van der Waals surface area contributed by atoms with Crippen molar-refractivity contribution in [3.05, 3.63) is 28.8 Å². The molecule has 1 aromatic carbocycles. The van der Waals surface area contributed by atoms with Gasteiger partial charge in [-0.3, -0.25) is 0 Å². The molecular formula is C20H24ClN3O. The number of anilines is 1. The van der Waals surface area contributed by atoms with Crippen molar-refractivity contribution in [1.29, 1.82) is 5.26 Å². The van der Waals surface area contributed by atoms with Crippen molar-refractivity contribution in [2.24, 2.45) is 11.8 Å². The molecule has 4 atom stereocenters. The van der Waals surface area contributed by atoms with Crippen LogP contribution in [-0.2, 0) is 0 Å². The molecular weight excluding hydrogens is 334 g/mol. The third-order valence-corrected chi connectivity index (χ3v) is 6.59. The fraction of sp³-hybridized carbons (Fsp3) is 0.600. The van der Waals surface area contributed by atoms with E-state index in [4.69, 9.17) is 11.6 Å². The van der Waals surface area contributed by atoms with Crippen molar-refractivity contribution in [3.8, 4) is 6.07 Å². The summed E-state index contributed by atoms with van der Waals surface area (Å²) in [5, 5.41) is 13.1. The molecule has 1 aromatic rings. The van der Waals surface area contributed by atoms with Gasteiger partial charge in [0.2, 0.25) is 0 Å². The number of urea groups is 1. The molecule has 2 unspecified atom stereocenters. The Bertz CT molecular complexity index is 716. The van der Waals surface area contributed by atoms with E-state index in [-0.39, 0.29) is 17.9 Å². The summed E-state index contributed by atoms with van der Waals surface area (Å²) >= 11 is 6.40. The Labute approximate surface area is 154 Å². The standard InChI is InChI=1S/C20H24ClN3O/c1-12-7-15-10-16(8-12)24(15)20(25)23-14-5-6-19(21)18(9-14)17-4-2-3-13(17)11-22/h5-6,9,12-13,15-17H,2-4,7-8,10H2,1H3,(H,23,25)/t12?,13-,15?,16?,17-/m1/s1. The Morgan fingerprint density at radius 1 is 1.28 bits per heavy atom. The van der Waals surface area contributed by atoms with Gasteiger partial charge in [-0.25, -0.2) is 4.79 Å². The molecule has 132 valence electrons. The molecule has 5 rings (SSSR count). The lowest BCUT2D eigenvalue weighted by molar-refractivity contribution is -0.00601. The molecule has 0 spiro atoms. The topological polar surface area (TPSA) is 56.1 Å². The zero-order valence-electron chi connectivity index (χ0n) is 14.5. The molecule has 4 aliphatic rings. The van der Waals surface area contributed by atoms with Gasteiger partial charge < -0.3 is 10.2 Å². The lowest BCUT2D eigenvalue weighted by atomic mass is 9.74. The molecule has 25 heavy (non-hydrogen) atoms. The molecule has 2 saturated carbocycles. The average Bonchev–Trinajstić information content (AvgIpc) is 3.04. The summed E-state index contributed by atoms with van der Waals surface area (Å²) in [7, 11) is 0.